The van der Waals surface area contributed by atoms with Gasteiger partial charge in [0, 0.05) is 19.1 Å². The van der Waals surface area contributed by atoms with Crippen LogP contribution in [0.2, 0.25) is 0 Å². The Balaban J connectivity index is 2.46. The molecule has 1 rings (SSSR count). The number of nitrogens with zero attached hydrogens (tertiary/aromatic N) is 1. The van der Waals surface area contributed by atoms with Gasteiger partial charge < -0.3 is 15.4 Å². The highest BCUT2D eigenvalue weighted by Gasteiger charge is 2.21. The van der Waals surface area contributed by atoms with Gasteiger partial charge in [-0.15, -0.1) is 0 Å². The molecule has 1 amide bonds. The minimum Gasteiger partial charge on any atom is -0.444 e. The lowest BCUT2D eigenvalue weighted by Crippen LogP contribution is -2.47. The number of hydrogen-bond donors (Lipinski definition) is 2. The Morgan fingerprint density at radius 3 is 2.59 bits per heavy atom. The van der Waals surface area contributed by atoms with Gasteiger partial charge in [-0.3, -0.25) is 0 Å². The molecule has 0 fully saturated rings. The number of alkyl carbamates (subject to hydrolysis) is 1. The van der Waals surface area contributed by atoms with Crippen molar-refractivity contribution in [2.75, 3.05) is 6.54 Å². The first-order valence-corrected chi connectivity index (χ1v) is 8.28. The zero-order chi connectivity index (χ0) is 16.8. The van der Waals surface area contributed by atoms with Crippen LogP contribution in [0.25, 0.3) is 0 Å². The van der Waals surface area contributed by atoms with Crippen molar-refractivity contribution < 1.29 is 9.53 Å². The minimum absolute atomic E-state index is 0.00185. The van der Waals surface area contributed by atoms with E-state index in [0.29, 0.717) is 19.0 Å². The second-order valence-electron chi connectivity index (χ2n) is 6.58. The summed E-state index contributed by atoms with van der Waals surface area (Å²) in [4.78, 5) is 16.2. The molecule has 0 aromatic carbocycles. The number of rotatable bonds is 6. The zero-order valence-corrected chi connectivity index (χ0v) is 15.5. The second-order valence-corrected chi connectivity index (χ2v) is 7.39. The molecule has 0 saturated heterocycles. The fraction of sp³-hybridized carbons (Fsp3) is 0.625. The second kappa shape index (κ2) is 8.48. The van der Waals surface area contributed by atoms with Crippen molar-refractivity contribution in [2.45, 2.75) is 52.8 Å². The Hall–Kier alpha value is -1.14. The molecule has 1 unspecified atom stereocenters. The molecule has 5 nitrogen and oxygen atoms in total. The van der Waals surface area contributed by atoms with Crippen LogP contribution in [-0.2, 0) is 11.3 Å². The summed E-state index contributed by atoms with van der Waals surface area (Å²) in [5.41, 5.74) is 0.466. The van der Waals surface area contributed by atoms with Crippen molar-refractivity contribution in [3.05, 3.63) is 28.5 Å². The highest BCUT2D eigenvalue weighted by atomic mass is 79.9. The first-order valence-electron chi connectivity index (χ1n) is 7.49. The summed E-state index contributed by atoms with van der Waals surface area (Å²) in [5, 5.41) is 6.24. The summed E-state index contributed by atoms with van der Waals surface area (Å²) in [6.45, 7) is 11.0. The third kappa shape index (κ3) is 7.75. The zero-order valence-electron chi connectivity index (χ0n) is 13.9. The Labute approximate surface area is 141 Å². The number of amides is 1. The van der Waals surface area contributed by atoms with Crippen LogP contribution < -0.4 is 10.6 Å². The summed E-state index contributed by atoms with van der Waals surface area (Å²) < 4.78 is 6.12. The number of halogens is 1. The van der Waals surface area contributed by atoms with Gasteiger partial charge in [0.1, 0.15) is 10.2 Å². The van der Waals surface area contributed by atoms with E-state index < -0.39 is 5.60 Å². The Morgan fingerprint density at radius 2 is 2.05 bits per heavy atom. The van der Waals surface area contributed by atoms with Crippen LogP contribution in [0.15, 0.2) is 22.8 Å². The van der Waals surface area contributed by atoms with Gasteiger partial charge in [0.2, 0.25) is 0 Å². The lowest BCUT2D eigenvalue weighted by atomic mass is 10.0. The SMILES string of the molecule is CC(C)C(CNCc1cccc(Br)n1)NC(=O)OC(C)(C)C. The molecule has 6 heteroatoms. The maximum absolute atomic E-state index is 11.9. The Bertz CT molecular complexity index is 487. The molecule has 1 atom stereocenters. The summed E-state index contributed by atoms with van der Waals surface area (Å²) in [5.74, 6) is 0.301. The van der Waals surface area contributed by atoms with Crippen LogP contribution in [0.1, 0.15) is 40.3 Å². The predicted molar refractivity (Wildman–Crippen MR) is 91.6 cm³/mol. The maximum atomic E-state index is 11.9. The monoisotopic (exact) mass is 371 g/mol. The van der Waals surface area contributed by atoms with E-state index in [-0.39, 0.29) is 12.1 Å². The van der Waals surface area contributed by atoms with Crippen molar-refractivity contribution >= 4 is 22.0 Å². The van der Waals surface area contributed by atoms with Gasteiger partial charge in [-0.25, -0.2) is 9.78 Å². The number of nitrogens with one attached hydrogen (secondary N) is 2. The lowest BCUT2D eigenvalue weighted by Gasteiger charge is -2.26. The molecule has 0 aliphatic carbocycles. The molecule has 0 spiro atoms. The summed E-state index contributed by atoms with van der Waals surface area (Å²) in [6, 6.07) is 5.81. The number of carbonyl (C=O) groups is 1. The summed E-state index contributed by atoms with van der Waals surface area (Å²) in [6.07, 6.45) is -0.381. The number of ether oxygens (including phenoxy) is 1. The van der Waals surface area contributed by atoms with Gasteiger partial charge in [-0.1, -0.05) is 19.9 Å². The van der Waals surface area contributed by atoms with Crippen LogP contribution >= 0.6 is 15.9 Å². The van der Waals surface area contributed by atoms with Crippen molar-refractivity contribution in [3.63, 3.8) is 0 Å². The van der Waals surface area contributed by atoms with Gasteiger partial charge >= 0.3 is 6.09 Å². The molecular weight excluding hydrogens is 346 g/mol. The van der Waals surface area contributed by atoms with Crippen LogP contribution in [0.3, 0.4) is 0 Å². The standard InChI is InChI=1S/C16H26BrN3O2/c1-11(2)13(20-15(21)22-16(3,4)5)10-18-9-12-7-6-8-14(17)19-12/h6-8,11,13,18H,9-10H2,1-5H3,(H,20,21). The molecule has 2 N–H and O–H groups in total. The van der Waals surface area contributed by atoms with Crippen molar-refractivity contribution in [3.8, 4) is 0 Å². The van der Waals surface area contributed by atoms with E-state index in [1.54, 1.807) is 0 Å². The van der Waals surface area contributed by atoms with Gasteiger partial charge in [0.25, 0.3) is 0 Å². The highest BCUT2D eigenvalue weighted by Crippen LogP contribution is 2.09. The number of aromatic nitrogens is 1. The Morgan fingerprint density at radius 1 is 1.36 bits per heavy atom. The van der Waals surface area contributed by atoms with Crippen LogP contribution in [0, 0.1) is 5.92 Å². The topological polar surface area (TPSA) is 63.2 Å². The normalized spacial score (nSPS) is 13.0. The third-order valence-electron chi connectivity index (χ3n) is 2.95. The maximum Gasteiger partial charge on any atom is 0.407 e. The van der Waals surface area contributed by atoms with E-state index in [1.807, 2.05) is 39.0 Å². The molecule has 22 heavy (non-hydrogen) atoms. The van der Waals surface area contributed by atoms with Crippen LogP contribution in [0.4, 0.5) is 4.79 Å². The highest BCUT2D eigenvalue weighted by molar-refractivity contribution is 9.10. The largest absolute Gasteiger partial charge is 0.444 e. The molecule has 0 aliphatic rings. The molecule has 124 valence electrons. The molecule has 0 saturated carbocycles. The number of hydrogen-bond acceptors (Lipinski definition) is 4. The van der Waals surface area contributed by atoms with E-state index in [4.69, 9.17) is 4.74 Å². The van der Waals surface area contributed by atoms with E-state index >= 15 is 0 Å². The van der Waals surface area contributed by atoms with Crippen molar-refractivity contribution in [1.29, 1.82) is 0 Å². The molecule has 0 bridgehead atoms. The van der Waals surface area contributed by atoms with Gasteiger partial charge in [0.05, 0.1) is 5.69 Å². The fourth-order valence-electron chi connectivity index (χ4n) is 1.82. The minimum atomic E-state index is -0.487. The third-order valence-corrected chi connectivity index (χ3v) is 3.39. The average Bonchev–Trinajstić information content (AvgIpc) is 2.35. The van der Waals surface area contributed by atoms with Gasteiger partial charge in [0.15, 0.2) is 0 Å². The van der Waals surface area contributed by atoms with Gasteiger partial charge in [-0.05, 0) is 54.8 Å². The van der Waals surface area contributed by atoms with Crippen LogP contribution in [0.5, 0.6) is 0 Å². The summed E-state index contributed by atoms with van der Waals surface area (Å²) in [7, 11) is 0. The van der Waals surface area contributed by atoms with Gasteiger partial charge in [-0.2, -0.15) is 0 Å². The average molecular weight is 372 g/mol. The molecule has 1 aromatic rings. The van der Waals surface area contributed by atoms with Crippen LogP contribution in [-0.4, -0.2) is 29.3 Å². The molecule has 1 aromatic heterocycles. The van der Waals surface area contributed by atoms with E-state index in [0.717, 1.165) is 10.3 Å². The Kier molecular flexibility index (Phi) is 7.29. The molecule has 0 aliphatic heterocycles. The quantitative estimate of drug-likeness (QED) is 0.751. The number of pyridine rings is 1. The molecular formula is C16H26BrN3O2. The van der Waals surface area contributed by atoms with Crippen molar-refractivity contribution in [2.24, 2.45) is 5.92 Å². The van der Waals surface area contributed by atoms with E-state index in [9.17, 15) is 4.79 Å². The predicted octanol–water partition coefficient (Wildman–Crippen LogP) is 3.48. The van der Waals surface area contributed by atoms with E-state index in [1.165, 1.54) is 0 Å². The lowest BCUT2D eigenvalue weighted by molar-refractivity contribution is 0.0490. The first-order chi connectivity index (χ1) is 10.2. The molecule has 1 heterocycles. The molecule has 0 radical (unpaired) electrons. The fourth-order valence-corrected chi connectivity index (χ4v) is 2.20. The summed E-state index contributed by atoms with van der Waals surface area (Å²) >= 11 is 3.35. The first kappa shape index (κ1) is 18.9. The smallest absolute Gasteiger partial charge is 0.407 e. The van der Waals surface area contributed by atoms with E-state index in [2.05, 4.69) is 45.4 Å². The number of carbonyl (C=O) groups excluding carboxylic acids is 1. The van der Waals surface area contributed by atoms with Crippen molar-refractivity contribution in [1.82, 2.24) is 15.6 Å².